The molecule has 0 aliphatic heterocycles. The van der Waals surface area contributed by atoms with Gasteiger partial charge in [-0.1, -0.05) is 36.4 Å². The van der Waals surface area contributed by atoms with Gasteiger partial charge in [0, 0.05) is 6.54 Å². The molecule has 0 aromatic heterocycles. The lowest BCUT2D eigenvalue weighted by molar-refractivity contribution is 0.169. The van der Waals surface area contributed by atoms with Crippen LogP contribution in [0.5, 0.6) is 5.75 Å². The monoisotopic (exact) mass is 335 g/mol. The zero-order valence-electron chi connectivity index (χ0n) is 13.2. The molecule has 124 valence electrons. The first kappa shape index (κ1) is 17.5. The lowest BCUT2D eigenvalue weighted by Crippen LogP contribution is -2.26. The van der Waals surface area contributed by atoms with E-state index in [0.717, 1.165) is 11.1 Å². The zero-order chi connectivity index (χ0) is 16.9. The largest absolute Gasteiger partial charge is 0.495 e. The van der Waals surface area contributed by atoms with Gasteiger partial charge in [-0.05, 0) is 36.6 Å². The summed E-state index contributed by atoms with van der Waals surface area (Å²) in [5, 5.41) is 10.1. The molecule has 0 bridgehead atoms. The fourth-order valence-corrected chi connectivity index (χ4v) is 3.54. The highest BCUT2D eigenvalue weighted by atomic mass is 32.2. The van der Waals surface area contributed by atoms with E-state index >= 15 is 0 Å². The van der Waals surface area contributed by atoms with Gasteiger partial charge in [0.2, 0.25) is 10.0 Å². The molecule has 1 atom stereocenters. The van der Waals surface area contributed by atoms with Crippen LogP contribution in [0.15, 0.2) is 53.4 Å². The second kappa shape index (κ2) is 7.59. The van der Waals surface area contributed by atoms with E-state index in [9.17, 15) is 13.5 Å². The topological polar surface area (TPSA) is 75.6 Å². The number of hydrogen-bond acceptors (Lipinski definition) is 4. The lowest BCUT2D eigenvalue weighted by Gasteiger charge is -2.14. The van der Waals surface area contributed by atoms with Gasteiger partial charge in [0.05, 0.1) is 13.2 Å². The number of benzene rings is 2. The number of ether oxygens (including phenoxy) is 1. The zero-order valence-corrected chi connectivity index (χ0v) is 14.0. The van der Waals surface area contributed by atoms with Gasteiger partial charge >= 0.3 is 0 Å². The van der Waals surface area contributed by atoms with E-state index in [4.69, 9.17) is 4.74 Å². The highest BCUT2D eigenvalue weighted by molar-refractivity contribution is 7.89. The van der Waals surface area contributed by atoms with Crippen LogP contribution in [0.4, 0.5) is 0 Å². The summed E-state index contributed by atoms with van der Waals surface area (Å²) in [5.74, 6) is 0.298. The van der Waals surface area contributed by atoms with Crippen molar-refractivity contribution in [1.82, 2.24) is 4.72 Å². The maximum Gasteiger partial charge on any atom is 0.244 e. The number of hydrogen-bond donors (Lipinski definition) is 2. The molecule has 5 nitrogen and oxygen atoms in total. The summed E-state index contributed by atoms with van der Waals surface area (Å²) in [6.07, 6.45) is -0.421. The summed E-state index contributed by atoms with van der Waals surface area (Å²) >= 11 is 0. The fraction of sp³-hybridized carbons (Fsp3) is 0.294. The van der Waals surface area contributed by atoms with Crippen LogP contribution in [0, 0.1) is 6.92 Å². The Bertz CT molecular complexity index is 744. The van der Waals surface area contributed by atoms with Gasteiger partial charge in [-0.15, -0.1) is 0 Å². The standard InChI is InChI=1S/C17H21NO4S/c1-13-8-9-16(22-2)17(12-13)23(20,21)18-11-10-15(19)14-6-4-3-5-7-14/h3-9,12,15,18-19H,10-11H2,1-2H3/t15-/m1/s1. The lowest BCUT2D eigenvalue weighted by atomic mass is 10.1. The van der Waals surface area contributed by atoms with Crippen LogP contribution >= 0.6 is 0 Å². The van der Waals surface area contributed by atoms with Crippen LogP contribution in [0.3, 0.4) is 0 Å². The summed E-state index contributed by atoms with van der Waals surface area (Å²) in [5.41, 5.74) is 1.59. The van der Waals surface area contributed by atoms with Crippen molar-refractivity contribution in [3.63, 3.8) is 0 Å². The Balaban J connectivity index is 2.04. The van der Waals surface area contributed by atoms with Crippen LogP contribution in [-0.2, 0) is 10.0 Å². The maximum atomic E-state index is 12.4. The van der Waals surface area contributed by atoms with Gasteiger partial charge in [-0.3, -0.25) is 0 Å². The number of rotatable bonds is 7. The van der Waals surface area contributed by atoms with E-state index in [1.165, 1.54) is 7.11 Å². The Morgan fingerprint density at radius 3 is 2.52 bits per heavy atom. The molecule has 0 amide bonds. The maximum absolute atomic E-state index is 12.4. The molecular formula is C17H21NO4S. The SMILES string of the molecule is COc1ccc(C)cc1S(=O)(=O)NCC[C@@H](O)c1ccccc1. The molecule has 0 spiro atoms. The second-order valence-electron chi connectivity index (χ2n) is 5.27. The third kappa shape index (κ3) is 4.54. The van der Waals surface area contributed by atoms with Crippen LogP contribution in [0.2, 0.25) is 0 Å². The molecule has 0 heterocycles. The Hall–Kier alpha value is -1.89. The average Bonchev–Trinajstić information content (AvgIpc) is 2.55. The summed E-state index contributed by atoms with van der Waals surface area (Å²) in [4.78, 5) is 0.106. The van der Waals surface area contributed by atoms with Crippen molar-refractivity contribution in [2.24, 2.45) is 0 Å². The Kier molecular flexibility index (Phi) is 5.76. The number of methoxy groups -OCH3 is 1. The van der Waals surface area contributed by atoms with Crippen molar-refractivity contribution in [2.75, 3.05) is 13.7 Å². The van der Waals surface area contributed by atoms with Gasteiger partial charge in [0.1, 0.15) is 10.6 Å². The minimum absolute atomic E-state index is 0.106. The highest BCUT2D eigenvalue weighted by Gasteiger charge is 2.19. The van der Waals surface area contributed by atoms with E-state index in [2.05, 4.69) is 4.72 Å². The number of aliphatic hydroxyl groups is 1. The molecule has 2 N–H and O–H groups in total. The third-order valence-electron chi connectivity index (χ3n) is 3.50. The molecule has 0 fully saturated rings. The molecule has 6 heteroatoms. The summed E-state index contributed by atoms with van der Waals surface area (Å²) < 4.78 is 32.4. The quantitative estimate of drug-likeness (QED) is 0.815. The highest BCUT2D eigenvalue weighted by Crippen LogP contribution is 2.24. The predicted molar refractivity (Wildman–Crippen MR) is 88.9 cm³/mol. The molecule has 0 saturated heterocycles. The van der Waals surface area contributed by atoms with E-state index in [0.29, 0.717) is 5.75 Å². The Morgan fingerprint density at radius 1 is 1.17 bits per heavy atom. The van der Waals surface area contributed by atoms with E-state index < -0.39 is 16.1 Å². The first-order valence-corrected chi connectivity index (χ1v) is 8.79. The molecule has 0 unspecified atom stereocenters. The minimum atomic E-state index is -3.69. The second-order valence-corrected chi connectivity index (χ2v) is 7.00. The van der Waals surface area contributed by atoms with Gasteiger partial charge in [0.25, 0.3) is 0 Å². The molecule has 23 heavy (non-hydrogen) atoms. The molecule has 0 radical (unpaired) electrons. The van der Waals surface area contributed by atoms with Crippen LogP contribution < -0.4 is 9.46 Å². The van der Waals surface area contributed by atoms with Gasteiger partial charge in [0.15, 0.2) is 0 Å². The normalized spacial score (nSPS) is 12.8. The third-order valence-corrected chi connectivity index (χ3v) is 4.99. The first-order valence-electron chi connectivity index (χ1n) is 7.31. The number of nitrogens with one attached hydrogen (secondary N) is 1. The molecule has 2 aromatic rings. The van der Waals surface area contributed by atoms with Crippen molar-refractivity contribution < 1.29 is 18.3 Å². The molecule has 0 aliphatic carbocycles. The molecular weight excluding hydrogens is 314 g/mol. The number of sulfonamides is 1. The summed E-state index contributed by atoms with van der Waals surface area (Å²) in [6, 6.07) is 14.1. The van der Waals surface area contributed by atoms with Gasteiger partial charge in [-0.25, -0.2) is 13.1 Å². The number of aryl methyl sites for hydroxylation is 1. The van der Waals surface area contributed by atoms with Crippen molar-refractivity contribution in [1.29, 1.82) is 0 Å². The molecule has 2 rings (SSSR count). The molecule has 0 aliphatic rings. The molecule has 0 saturated carbocycles. The molecule has 2 aromatic carbocycles. The summed E-state index contributed by atoms with van der Waals surface area (Å²) in [7, 11) is -2.26. The Morgan fingerprint density at radius 2 is 1.87 bits per heavy atom. The van der Waals surface area contributed by atoms with Crippen LogP contribution in [0.25, 0.3) is 0 Å². The predicted octanol–water partition coefficient (Wildman–Crippen LogP) is 2.41. The smallest absolute Gasteiger partial charge is 0.244 e. The van der Waals surface area contributed by atoms with E-state index in [1.807, 2.05) is 37.3 Å². The van der Waals surface area contributed by atoms with Crippen molar-refractivity contribution in [3.05, 3.63) is 59.7 Å². The average molecular weight is 335 g/mol. The van der Waals surface area contributed by atoms with Crippen molar-refractivity contribution >= 4 is 10.0 Å². The minimum Gasteiger partial charge on any atom is -0.495 e. The first-order chi connectivity index (χ1) is 10.9. The number of aliphatic hydroxyl groups excluding tert-OH is 1. The van der Waals surface area contributed by atoms with Gasteiger partial charge in [-0.2, -0.15) is 0 Å². The van der Waals surface area contributed by atoms with E-state index in [1.54, 1.807) is 18.2 Å². The van der Waals surface area contributed by atoms with Crippen LogP contribution in [0.1, 0.15) is 23.7 Å². The Labute approximate surface area is 137 Å². The van der Waals surface area contributed by atoms with Crippen LogP contribution in [-0.4, -0.2) is 27.2 Å². The summed E-state index contributed by atoms with van der Waals surface area (Å²) in [6.45, 7) is 1.95. The van der Waals surface area contributed by atoms with Crippen molar-refractivity contribution in [2.45, 2.75) is 24.3 Å². The van der Waals surface area contributed by atoms with E-state index in [-0.39, 0.29) is 17.9 Å². The van der Waals surface area contributed by atoms with Gasteiger partial charge < -0.3 is 9.84 Å². The van der Waals surface area contributed by atoms with Crippen molar-refractivity contribution in [3.8, 4) is 5.75 Å². The fourth-order valence-electron chi connectivity index (χ4n) is 2.24.